The second-order valence-electron chi connectivity index (χ2n) is 0.509. The van der Waals surface area contributed by atoms with Crippen molar-refractivity contribution in [2.75, 3.05) is 0 Å². The van der Waals surface area contributed by atoms with Crippen LogP contribution in [0.1, 0.15) is 0 Å². The van der Waals surface area contributed by atoms with Gasteiger partial charge >= 0.3 is 45.9 Å². The number of nitrogens with two attached hydrogens (primary N) is 1. The van der Waals surface area contributed by atoms with Gasteiger partial charge in [0.15, 0.2) is 0 Å². The molecule has 0 amide bonds. The SMILES string of the molecule is NC(=S)[NH][Ga]. The van der Waals surface area contributed by atoms with Gasteiger partial charge in [-0.25, -0.2) is 0 Å². The van der Waals surface area contributed by atoms with E-state index < -0.39 is 0 Å². The zero-order valence-corrected chi connectivity index (χ0v) is 5.80. The monoisotopic (exact) mass is 144 g/mol. The standard InChI is InChI=1S/CH4N2S.Ga/c2-1(3)4;/h(H4,2,3,4);/q;+1/p-1. The fraction of sp³-hybridized carbons (Fsp3) is 0. The number of hydrogen-bond donors (Lipinski definition) is 2. The van der Waals surface area contributed by atoms with Crippen molar-refractivity contribution in [1.29, 1.82) is 0 Å². The quantitative estimate of drug-likeness (QED) is 0.335. The van der Waals surface area contributed by atoms with Crippen LogP contribution in [0.3, 0.4) is 0 Å². The Balaban J connectivity index is 2.85. The fourth-order valence-corrected chi connectivity index (χ4v) is 0. The maximum absolute atomic E-state index is 4.93. The molecule has 0 bridgehead atoms. The molecule has 0 saturated carbocycles. The van der Waals surface area contributed by atoms with Crippen molar-refractivity contribution in [3.05, 3.63) is 0 Å². The molecular weight excluding hydrogens is 142 g/mol. The van der Waals surface area contributed by atoms with E-state index in [2.05, 4.69) is 16.2 Å². The number of thiocarbonyl (C=S) groups is 1. The van der Waals surface area contributed by atoms with Crippen LogP contribution in [0.5, 0.6) is 0 Å². The summed E-state index contributed by atoms with van der Waals surface area (Å²) in [4.78, 5) is 0. The van der Waals surface area contributed by atoms with Gasteiger partial charge in [0.05, 0.1) is 0 Å². The van der Waals surface area contributed by atoms with E-state index in [0.29, 0.717) is 5.11 Å². The second-order valence-corrected chi connectivity index (χ2v) is 1.55. The van der Waals surface area contributed by atoms with E-state index in [-0.39, 0.29) is 0 Å². The summed E-state index contributed by atoms with van der Waals surface area (Å²) in [7, 11) is 0. The normalized spacial score (nSPS) is 6.40. The first-order valence-electron chi connectivity index (χ1n) is 1.03. The summed E-state index contributed by atoms with van der Waals surface area (Å²) in [5.41, 5.74) is 4.93. The van der Waals surface area contributed by atoms with E-state index in [1.807, 2.05) is 0 Å². The van der Waals surface area contributed by atoms with E-state index in [4.69, 9.17) is 5.73 Å². The van der Waals surface area contributed by atoms with Crippen LogP contribution < -0.4 is 9.76 Å². The average Bonchev–Trinajstić information content (AvgIpc) is 1.38. The molecule has 4 heteroatoms. The van der Waals surface area contributed by atoms with Crippen molar-refractivity contribution in [1.82, 2.24) is 4.02 Å². The summed E-state index contributed by atoms with van der Waals surface area (Å²) >= 11 is 5.69. The second kappa shape index (κ2) is 2.56. The molecule has 0 saturated heterocycles. The first-order valence-corrected chi connectivity index (χ1v) is 2.65. The summed E-state index contributed by atoms with van der Waals surface area (Å²) in [6.45, 7) is 0. The average molecular weight is 145 g/mol. The molecule has 0 rings (SSSR count). The molecule has 0 atom stereocenters. The van der Waals surface area contributed by atoms with E-state index in [0.717, 1.165) is 0 Å². The third-order valence-corrected chi connectivity index (χ3v) is 1.35. The van der Waals surface area contributed by atoms with E-state index >= 15 is 0 Å². The van der Waals surface area contributed by atoms with Gasteiger partial charge in [0.1, 0.15) is 0 Å². The number of nitrogens with one attached hydrogen (secondary N) is 1. The minimum atomic E-state index is 0.366. The number of rotatable bonds is 0. The van der Waals surface area contributed by atoms with Gasteiger partial charge < -0.3 is 0 Å². The molecule has 0 unspecified atom stereocenters. The molecule has 0 aliphatic rings. The van der Waals surface area contributed by atoms with E-state index in [1.165, 1.54) is 18.8 Å². The van der Waals surface area contributed by atoms with Gasteiger partial charge in [0.25, 0.3) is 0 Å². The molecule has 0 heterocycles. The summed E-state index contributed by atoms with van der Waals surface area (Å²) < 4.78 is 2.60. The molecule has 0 aromatic carbocycles. The maximum atomic E-state index is 4.93. The third-order valence-electron chi connectivity index (χ3n) is 0.142. The predicted octanol–water partition coefficient (Wildman–Crippen LogP) is -1.10. The Kier molecular flexibility index (Phi) is 2.72. The Morgan fingerprint density at radius 1 is 2.00 bits per heavy atom. The van der Waals surface area contributed by atoms with Gasteiger partial charge in [0.2, 0.25) is 0 Å². The summed E-state index contributed by atoms with van der Waals surface area (Å²) in [5.74, 6) is 0. The van der Waals surface area contributed by atoms with Crippen LogP contribution in [-0.2, 0) is 0 Å². The van der Waals surface area contributed by atoms with Crippen LogP contribution in [0.2, 0.25) is 0 Å². The molecule has 2 radical (unpaired) electrons. The van der Waals surface area contributed by atoms with Gasteiger partial charge in [-0.2, -0.15) is 0 Å². The van der Waals surface area contributed by atoms with E-state index in [1.54, 1.807) is 0 Å². The predicted molar refractivity (Wildman–Crippen MR) is 25.7 cm³/mol. The minimum absolute atomic E-state index is 0.366. The van der Waals surface area contributed by atoms with Crippen molar-refractivity contribution in [3.63, 3.8) is 0 Å². The molecule has 0 aliphatic carbocycles. The van der Waals surface area contributed by atoms with Crippen molar-refractivity contribution < 1.29 is 0 Å². The van der Waals surface area contributed by atoms with Crippen LogP contribution in [-0.4, -0.2) is 24.0 Å². The first-order chi connectivity index (χ1) is 2.27. The molecule has 0 aromatic rings. The van der Waals surface area contributed by atoms with Gasteiger partial charge in [-0.15, -0.1) is 0 Å². The molecule has 3 N–H and O–H groups in total. The van der Waals surface area contributed by atoms with Gasteiger partial charge in [-0.3, -0.25) is 0 Å². The zero-order chi connectivity index (χ0) is 4.28. The summed E-state index contributed by atoms with van der Waals surface area (Å²) in [5, 5.41) is 0.366. The molecule has 26 valence electrons. The fourth-order valence-electron chi connectivity index (χ4n) is 0. The molecule has 5 heavy (non-hydrogen) atoms. The molecule has 0 aliphatic heterocycles. The van der Waals surface area contributed by atoms with Crippen LogP contribution in [0.25, 0.3) is 0 Å². The zero-order valence-electron chi connectivity index (χ0n) is 2.56. The van der Waals surface area contributed by atoms with Crippen molar-refractivity contribution in [3.8, 4) is 0 Å². The summed E-state index contributed by atoms with van der Waals surface area (Å²) in [6.07, 6.45) is 0. The third kappa shape index (κ3) is 4.33. The first kappa shape index (κ1) is 5.33. The Bertz CT molecular complexity index is 44.9. The van der Waals surface area contributed by atoms with Gasteiger partial charge in [-0.05, 0) is 0 Å². The molecular formula is CH3GaN2S. The molecule has 0 spiro atoms. The van der Waals surface area contributed by atoms with Crippen LogP contribution >= 0.6 is 12.2 Å². The van der Waals surface area contributed by atoms with Gasteiger partial charge in [0, 0.05) is 0 Å². The van der Waals surface area contributed by atoms with E-state index in [9.17, 15) is 0 Å². The van der Waals surface area contributed by atoms with Crippen molar-refractivity contribution in [2.24, 2.45) is 5.73 Å². The Morgan fingerprint density at radius 3 is 2.20 bits per heavy atom. The Hall–Kier alpha value is 0.326. The van der Waals surface area contributed by atoms with Crippen LogP contribution in [0.4, 0.5) is 0 Å². The van der Waals surface area contributed by atoms with Crippen LogP contribution in [0, 0.1) is 0 Å². The van der Waals surface area contributed by atoms with Crippen molar-refractivity contribution in [2.45, 2.75) is 0 Å². The molecule has 2 nitrogen and oxygen atoms in total. The summed E-state index contributed by atoms with van der Waals surface area (Å²) in [6, 6.07) is 0. The van der Waals surface area contributed by atoms with Crippen LogP contribution in [0.15, 0.2) is 0 Å². The Morgan fingerprint density at radius 2 is 2.20 bits per heavy atom. The topological polar surface area (TPSA) is 38.0 Å². The number of hydrogen-bond acceptors (Lipinski definition) is 1. The molecule has 0 fully saturated rings. The van der Waals surface area contributed by atoms with Crippen molar-refractivity contribution >= 4 is 36.2 Å². The Labute approximate surface area is 46.3 Å². The van der Waals surface area contributed by atoms with Gasteiger partial charge in [-0.1, -0.05) is 0 Å². The molecule has 0 aromatic heterocycles.